The summed E-state index contributed by atoms with van der Waals surface area (Å²) >= 11 is 0. The molecular weight excluding hydrogens is 497 g/mol. The summed E-state index contributed by atoms with van der Waals surface area (Å²) < 4.78 is 26.4. The topological polar surface area (TPSA) is 82.9 Å². The highest BCUT2D eigenvalue weighted by Gasteiger charge is 2.52. The van der Waals surface area contributed by atoms with Crippen molar-refractivity contribution in [2.45, 2.75) is 102 Å². The SMILES string of the molecule is CC(C)(C)OC(=O)N1[C@@H]2CC[C@@H](C2)[C@H]1C(=O)C[C@H](C#N)Cc1ccc(C2CCN(C3CCOC3)CC2)cc1F. The Labute approximate surface area is 231 Å². The van der Waals surface area contributed by atoms with E-state index in [9.17, 15) is 14.9 Å². The first-order valence-corrected chi connectivity index (χ1v) is 14.7. The molecule has 1 saturated carbocycles. The molecule has 0 aromatic heterocycles. The van der Waals surface area contributed by atoms with Crippen molar-refractivity contribution in [1.29, 1.82) is 5.26 Å². The average molecular weight is 540 g/mol. The number of piperidine rings is 2. The smallest absolute Gasteiger partial charge is 0.411 e. The predicted molar refractivity (Wildman–Crippen MR) is 145 cm³/mol. The van der Waals surface area contributed by atoms with Crippen LogP contribution in [0.2, 0.25) is 0 Å². The fourth-order valence-electron chi connectivity index (χ4n) is 7.16. The standard InChI is InChI=1S/C31H42FN3O4/c1-31(2,3)39-30(37)35-25-7-6-24(16-25)29(35)28(36)15-20(18-33)14-23-5-4-22(17-27(23)32)21-8-11-34(12-9-21)26-10-13-38-19-26/h4-5,17,20-21,24-26,29H,6-16,19H2,1-3H3/t20-,24+,25-,26?,29+/m1/s1. The van der Waals surface area contributed by atoms with Crippen LogP contribution >= 0.6 is 0 Å². The second-order valence-electron chi connectivity index (χ2n) is 12.9. The van der Waals surface area contributed by atoms with Crippen LogP contribution in [0.25, 0.3) is 0 Å². The largest absolute Gasteiger partial charge is 0.444 e. The molecule has 212 valence electrons. The second kappa shape index (κ2) is 11.5. The molecular formula is C31H42FN3O4. The predicted octanol–water partition coefficient (Wildman–Crippen LogP) is 5.22. The molecule has 8 heteroatoms. The number of rotatable bonds is 7. The molecule has 0 radical (unpaired) electrons. The number of carbonyl (C=O) groups excluding carboxylic acids is 2. The summed E-state index contributed by atoms with van der Waals surface area (Å²) in [5.41, 5.74) is 0.835. The van der Waals surface area contributed by atoms with E-state index in [2.05, 4.69) is 11.0 Å². The van der Waals surface area contributed by atoms with Gasteiger partial charge >= 0.3 is 6.09 Å². The van der Waals surface area contributed by atoms with Gasteiger partial charge in [-0.1, -0.05) is 12.1 Å². The Hall–Kier alpha value is -2.50. The molecule has 1 aromatic rings. The number of carbonyl (C=O) groups is 2. The van der Waals surface area contributed by atoms with Gasteiger partial charge in [0.25, 0.3) is 0 Å². The summed E-state index contributed by atoms with van der Waals surface area (Å²) in [5.74, 6) is -0.623. The van der Waals surface area contributed by atoms with E-state index in [-0.39, 0.29) is 36.4 Å². The number of halogens is 1. The number of ketones is 1. The summed E-state index contributed by atoms with van der Waals surface area (Å²) in [5, 5.41) is 9.86. The molecule has 3 saturated heterocycles. The highest BCUT2D eigenvalue weighted by Crippen LogP contribution is 2.44. The van der Waals surface area contributed by atoms with Gasteiger partial charge in [-0.25, -0.2) is 9.18 Å². The van der Waals surface area contributed by atoms with Crippen LogP contribution in [0.15, 0.2) is 18.2 Å². The Bertz CT molecular complexity index is 1100. The van der Waals surface area contributed by atoms with Crippen molar-refractivity contribution in [1.82, 2.24) is 9.80 Å². The number of nitrogens with zero attached hydrogens (tertiary/aromatic N) is 3. The third-order valence-corrected chi connectivity index (χ3v) is 9.12. The van der Waals surface area contributed by atoms with Gasteiger partial charge < -0.3 is 9.47 Å². The fourth-order valence-corrected chi connectivity index (χ4v) is 7.16. The minimum atomic E-state index is -0.646. The normalized spacial score (nSPS) is 28.4. The number of likely N-dealkylation sites (tertiary alicyclic amines) is 2. The molecule has 2 bridgehead atoms. The van der Waals surface area contributed by atoms with Crippen LogP contribution in [0.4, 0.5) is 9.18 Å². The van der Waals surface area contributed by atoms with Gasteiger partial charge in [0.1, 0.15) is 11.4 Å². The lowest BCUT2D eigenvalue weighted by molar-refractivity contribution is -0.126. The van der Waals surface area contributed by atoms with Gasteiger partial charge in [-0.2, -0.15) is 5.26 Å². The lowest BCUT2D eigenvalue weighted by atomic mass is 9.86. The number of benzene rings is 1. The molecule has 3 heterocycles. The Balaban J connectivity index is 1.19. The first-order valence-electron chi connectivity index (χ1n) is 14.7. The number of hydrogen-bond acceptors (Lipinski definition) is 6. The van der Waals surface area contributed by atoms with E-state index in [0.717, 1.165) is 70.4 Å². The zero-order chi connectivity index (χ0) is 27.7. The van der Waals surface area contributed by atoms with Crippen molar-refractivity contribution < 1.29 is 23.5 Å². The van der Waals surface area contributed by atoms with Crippen LogP contribution in [-0.4, -0.2) is 71.7 Å². The van der Waals surface area contributed by atoms with E-state index in [0.29, 0.717) is 17.5 Å². The lowest BCUT2D eigenvalue weighted by Gasteiger charge is -2.36. The molecule has 3 aliphatic heterocycles. The van der Waals surface area contributed by atoms with Crippen molar-refractivity contribution >= 4 is 11.9 Å². The van der Waals surface area contributed by atoms with Crippen LogP contribution < -0.4 is 0 Å². The van der Waals surface area contributed by atoms with E-state index < -0.39 is 23.7 Å². The maximum Gasteiger partial charge on any atom is 0.411 e. The lowest BCUT2D eigenvalue weighted by Crippen LogP contribution is -2.51. The highest BCUT2D eigenvalue weighted by molar-refractivity contribution is 5.89. The van der Waals surface area contributed by atoms with Crippen molar-refractivity contribution in [3.8, 4) is 6.07 Å². The minimum absolute atomic E-state index is 0.00815. The van der Waals surface area contributed by atoms with Gasteiger partial charge in [0, 0.05) is 25.1 Å². The van der Waals surface area contributed by atoms with E-state index in [1.807, 2.05) is 26.8 Å². The number of Topliss-reactive ketones (excluding diaryl/α,β-unsaturated/α-hetero) is 1. The number of amides is 1. The minimum Gasteiger partial charge on any atom is -0.444 e. The van der Waals surface area contributed by atoms with Crippen molar-refractivity contribution in [3.05, 3.63) is 35.1 Å². The average Bonchev–Trinajstić information content (AvgIpc) is 3.66. The van der Waals surface area contributed by atoms with Crippen molar-refractivity contribution in [2.75, 3.05) is 26.3 Å². The van der Waals surface area contributed by atoms with Crippen molar-refractivity contribution in [3.63, 3.8) is 0 Å². The molecule has 39 heavy (non-hydrogen) atoms. The molecule has 1 aliphatic carbocycles. The monoisotopic (exact) mass is 539 g/mol. The first-order chi connectivity index (χ1) is 18.6. The van der Waals surface area contributed by atoms with Crippen LogP contribution in [0.3, 0.4) is 0 Å². The van der Waals surface area contributed by atoms with Crippen LogP contribution in [0, 0.1) is 29.0 Å². The first kappa shape index (κ1) is 28.0. The summed E-state index contributed by atoms with van der Waals surface area (Å²) in [6.45, 7) is 9.12. The molecule has 4 aliphatic rings. The van der Waals surface area contributed by atoms with E-state index >= 15 is 4.39 Å². The summed E-state index contributed by atoms with van der Waals surface area (Å²) in [6, 6.07) is 7.63. The van der Waals surface area contributed by atoms with Gasteiger partial charge in [-0.05, 0) is 108 Å². The number of hydrogen-bond donors (Lipinski definition) is 0. The highest BCUT2D eigenvalue weighted by atomic mass is 19.1. The Morgan fingerprint density at radius 3 is 2.56 bits per heavy atom. The van der Waals surface area contributed by atoms with Gasteiger partial charge in [0.2, 0.25) is 0 Å². The van der Waals surface area contributed by atoms with Crippen LogP contribution in [0.5, 0.6) is 0 Å². The van der Waals surface area contributed by atoms with Crippen LogP contribution in [-0.2, 0) is 20.7 Å². The Morgan fingerprint density at radius 1 is 1.15 bits per heavy atom. The second-order valence-corrected chi connectivity index (χ2v) is 12.9. The third kappa shape index (κ3) is 6.30. The summed E-state index contributed by atoms with van der Waals surface area (Å²) in [6.07, 6.45) is 5.42. The molecule has 1 aromatic carbocycles. The maximum absolute atomic E-state index is 15.2. The van der Waals surface area contributed by atoms with E-state index in [1.54, 1.807) is 17.0 Å². The zero-order valence-electron chi connectivity index (χ0n) is 23.5. The molecule has 1 amide bonds. The molecule has 1 unspecified atom stereocenters. The molecule has 7 nitrogen and oxygen atoms in total. The van der Waals surface area contributed by atoms with Gasteiger partial charge in [-0.15, -0.1) is 0 Å². The van der Waals surface area contributed by atoms with E-state index in [4.69, 9.17) is 9.47 Å². The fraction of sp³-hybridized carbons (Fsp3) is 0.710. The zero-order valence-corrected chi connectivity index (χ0v) is 23.5. The molecule has 0 spiro atoms. The van der Waals surface area contributed by atoms with Gasteiger partial charge in [0.05, 0.1) is 24.6 Å². The molecule has 0 N–H and O–H groups in total. The number of nitriles is 1. The summed E-state index contributed by atoms with van der Waals surface area (Å²) in [4.78, 5) is 30.5. The Kier molecular flexibility index (Phi) is 8.30. The van der Waals surface area contributed by atoms with Crippen molar-refractivity contribution in [2.24, 2.45) is 11.8 Å². The number of fused-ring (bicyclic) bond motifs is 2. The number of ether oxygens (including phenoxy) is 2. The van der Waals surface area contributed by atoms with Gasteiger partial charge in [0.15, 0.2) is 5.78 Å². The molecule has 4 fully saturated rings. The quantitative estimate of drug-likeness (QED) is 0.472. The maximum atomic E-state index is 15.2. The molecule has 5 atom stereocenters. The molecule has 5 rings (SSSR count). The van der Waals surface area contributed by atoms with Gasteiger partial charge in [-0.3, -0.25) is 14.6 Å². The Morgan fingerprint density at radius 2 is 1.92 bits per heavy atom. The summed E-state index contributed by atoms with van der Waals surface area (Å²) in [7, 11) is 0. The van der Waals surface area contributed by atoms with Crippen LogP contribution in [0.1, 0.15) is 82.8 Å². The van der Waals surface area contributed by atoms with E-state index in [1.165, 1.54) is 0 Å². The third-order valence-electron chi connectivity index (χ3n) is 9.12.